The predicted octanol–water partition coefficient (Wildman–Crippen LogP) is 4.58. The highest BCUT2D eigenvalue weighted by atomic mass is 16.5. The van der Waals surface area contributed by atoms with Crippen LogP contribution in [0.3, 0.4) is 0 Å². The summed E-state index contributed by atoms with van der Waals surface area (Å²) in [5.41, 5.74) is 2.52. The Morgan fingerprint density at radius 1 is 0.870 bits per heavy atom. The molecule has 0 saturated carbocycles. The van der Waals surface area contributed by atoms with Gasteiger partial charge in [0.15, 0.2) is 5.78 Å². The van der Waals surface area contributed by atoms with Gasteiger partial charge in [-0.15, -0.1) is 0 Å². The molecule has 0 fully saturated rings. The summed E-state index contributed by atoms with van der Waals surface area (Å²) in [5, 5.41) is 0. The monoisotopic (exact) mass is 310 g/mol. The number of hydrogen-bond acceptors (Lipinski definition) is 3. The van der Waals surface area contributed by atoms with Gasteiger partial charge in [-0.3, -0.25) is 9.59 Å². The van der Waals surface area contributed by atoms with E-state index in [1.54, 1.807) is 24.3 Å². The minimum Gasteiger partial charge on any atom is -0.427 e. The molecule has 0 aromatic heterocycles. The van der Waals surface area contributed by atoms with E-state index in [4.69, 9.17) is 4.74 Å². The first-order valence-electron chi connectivity index (χ1n) is 8.02. The standard InChI is InChI=1S/C20H22O3/c1-3-4-5-6-16-7-9-17(10-8-16)20(22)18-11-13-19(14-12-18)23-15(2)21/h7-14H,3-6H2,1-2H3. The van der Waals surface area contributed by atoms with E-state index in [0.717, 1.165) is 6.42 Å². The number of rotatable bonds is 7. The maximum Gasteiger partial charge on any atom is 0.308 e. The molecule has 3 nitrogen and oxygen atoms in total. The second-order valence-corrected chi connectivity index (χ2v) is 5.60. The number of aryl methyl sites for hydroxylation is 1. The lowest BCUT2D eigenvalue weighted by molar-refractivity contribution is -0.131. The molecule has 0 amide bonds. The van der Waals surface area contributed by atoms with Crippen molar-refractivity contribution in [2.75, 3.05) is 0 Å². The van der Waals surface area contributed by atoms with Crippen LogP contribution in [0.1, 0.15) is 54.6 Å². The molecule has 0 spiro atoms. The van der Waals surface area contributed by atoms with Crippen LogP contribution in [-0.2, 0) is 11.2 Å². The zero-order valence-corrected chi connectivity index (χ0v) is 13.7. The van der Waals surface area contributed by atoms with Gasteiger partial charge in [0.1, 0.15) is 5.75 Å². The summed E-state index contributed by atoms with van der Waals surface area (Å²) in [5.74, 6) is 0.0440. The molecular formula is C20H22O3. The summed E-state index contributed by atoms with van der Waals surface area (Å²) in [4.78, 5) is 23.3. The van der Waals surface area contributed by atoms with Crippen molar-refractivity contribution < 1.29 is 14.3 Å². The van der Waals surface area contributed by atoms with Gasteiger partial charge in [-0.2, -0.15) is 0 Å². The summed E-state index contributed by atoms with van der Waals surface area (Å²) >= 11 is 0. The SMILES string of the molecule is CCCCCc1ccc(C(=O)c2ccc(OC(C)=O)cc2)cc1. The van der Waals surface area contributed by atoms with E-state index in [1.165, 1.54) is 31.7 Å². The van der Waals surface area contributed by atoms with Crippen LogP contribution in [-0.4, -0.2) is 11.8 Å². The lowest BCUT2D eigenvalue weighted by Crippen LogP contribution is -2.03. The van der Waals surface area contributed by atoms with E-state index in [9.17, 15) is 9.59 Å². The predicted molar refractivity (Wildman–Crippen MR) is 90.9 cm³/mol. The van der Waals surface area contributed by atoms with Crippen molar-refractivity contribution >= 4 is 11.8 Å². The van der Waals surface area contributed by atoms with Gasteiger partial charge in [0.25, 0.3) is 0 Å². The van der Waals surface area contributed by atoms with Crippen LogP contribution >= 0.6 is 0 Å². The van der Waals surface area contributed by atoms with Crippen molar-refractivity contribution in [3.05, 3.63) is 65.2 Å². The Labute approximate surface area is 137 Å². The number of hydrogen-bond donors (Lipinski definition) is 0. The number of ether oxygens (including phenoxy) is 1. The molecule has 0 radical (unpaired) electrons. The fourth-order valence-corrected chi connectivity index (χ4v) is 2.41. The molecule has 0 aliphatic carbocycles. The molecule has 0 aliphatic rings. The molecule has 0 saturated heterocycles. The van der Waals surface area contributed by atoms with Crippen molar-refractivity contribution in [2.45, 2.75) is 39.5 Å². The van der Waals surface area contributed by atoms with Gasteiger partial charge in [-0.05, 0) is 42.7 Å². The summed E-state index contributed by atoms with van der Waals surface area (Å²) in [6.45, 7) is 3.54. The molecule has 0 aliphatic heterocycles. The lowest BCUT2D eigenvalue weighted by Gasteiger charge is -2.05. The van der Waals surface area contributed by atoms with Gasteiger partial charge in [0, 0.05) is 18.1 Å². The van der Waals surface area contributed by atoms with Crippen molar-refractivity contribution in [1.29, 1.82) is 0 Å². The Morgan fingerprint density at radius 2 is 1.43 bits per heavy atom. The van der Waals surface area contributed by atoms with E-state index < -0.39 is 0 Å². The molecule has 0 bridgehead atoms. The van der Waals surface area contributed by atoms with Gasteiger partial charge < -0.3 is 4.74 Å². The first kappa shape index (κ1) is 16.9. The normalized spacial score (nSPS) is 10.3. The first-order chi connectivity index (χ1) is 11.1. The van der Waals surface area contributed by atoms with E-state index >= 15 is 0 Å². The highest BCUT2D eigenvalue weighted by molar-refractivity contribution is 6.09. The molecule has 120 valence electrons. The van der Waals surface area contributed by atoms with Gasteiger partial charge >= 0.3 is 5.97 Å². The highest BCUT2D eigenvalue weighted by Crippen LogP contribution is 2.17. The van der Waals surface area contributed by atoms with Gasteiger partial charge in [-0.1, -0.05) is 44.0 Å². The number of esters is 1. The largest absolute Gasteiger partial charge is 0.427 e. The molecule has 2 aromatic rings. The quantitative estimate of drug-likeness (QED) is 0.325. The van der Waals surface area contributed by atoms with Crippen molar-refractivity contribution in [3.63, 3.8) is 0 Å². The van der Waals surface area contributed by atoms with Gasteiger partial charge in [-0.25, -0.2) is 0 Å². The van der Waals surface area contributed by atoms with Gasteiger partial charge in [0.05, 0.1) is 0 Å². The third-order valence-electron chi connectivity index (χ3n) is 3.66. The fourth-order valence-electron chi connectivity index (χ4n) is 2.41. The summed E-state index contributed by atoms with van der Waals surface area (Å²) in [6.07, 6.45) is 4.68. The Kier molecular flexibility index (Phi) is 6.10. The average molecular weight is 310 g/mol. The minimum atomic E-state index is -0.372. The lowest BCUT2D eigenvalue weighted by atomic mass is 10.00. The molecule has 0 N–H and O–H groups in total. The second kappa shape index (κ2) is 8.28. The summed E-state index contributed by atoms with van der Waals surface area (Å²) in [6, 6.07) is 14.4. The van der Waals surface area contributed by atoms with Gasteiger partial charge in [0.2, 0.25) is 0 Å². The van der Waals surface area contributed by atoms with Crippen LogP contribution in [0.4, 0.5) is 0 Å². The fraction of sp³-hybridized carbons (Fsp3) is 0.300. The Morgan fingerprint density at radius 3 is 1.96 bits per heavy atom. The molecule has 2 aromatic carbocycles. The second-order valence-electron chi connectivity index (χ2n) is 5.60. The van der Waals surface area contributed by atoms with Crippen LogP contribution in [0.25, 0.3) is 0 Å². The minimum absolute atomic E-state index is 0.0283. The van der Waals surface area contributed by atoms with Crippen molar-refractivity contribution in [2.24, 2.45) is 0 Å². The summed E-state index contributed by atoms with van der Waals surface area (Å²) in [7, 11) is 0. The van der Waals surface area contributed by atoms with E-state index in [1.807, 2.05) is 24.3 Å². The third-order valence-corrected chi connectivity index (χ3v) is 3.66. The van der Waals surface area contributed by atoms with Crippen molar-refractivity contribution in [1.82, 2.24) is 0 Å². The van der Waals surface area contributed by atoms with Crippen LogP contribution in [0.15, 0.2) is 48.5 Å². The third kappa shape index (κ3) is 5.06. The molecule has 3 heteroatoms. The Hall–Kier alpha value is -2.42. The van der Waals surface area contributed by atoms with Crippen molar-refractivity contribution in [3.8, 4) is 5.75 Å². The molecule has 0 atom stereocenters. The highest BCUT2D eigenvalue weighted by Gasteiger charge is 2.09. The molecule has 0 heterocycles. The van der Waals surface area contributed by atoms with Crippen LogP contribution in [0, 0.1) is 0 Å². The van der Waals surface area contributed by atoms with Crippen LogP contribution in [0.5, 0.6) is 5.75 Å². The Bertz CT molecular complexity index is 654. The van der Waals surface area contributed by atoms with Crippen LogP contribution in [0.2, 0.25) is 0 Å². The number of ketones is 1. The molecule has 23 heavy (non-hydrogen) atoms. The van der Waals surface area contributed by atoms with E-state index in [-0.39, 0.29) is 11.8 Å². The molecular weight excluding hydrogens is 288 g/mol. The zero-order chi connectivity index (χ0) is 16.7. The summed E-state index contributed by atoms with van der Waals surface area (Å²) < 4.78 is 4.97. The maximum atomic E-state index is 12.4. The number of carbonyl (C=O) groups is 2. The first-order valence-corrected chi connectivity index (χ1v) is 8.02. The Balaban J connectivity index is 2.03. The number of benzene rings is 2. The maximum absolute atomic E-state index is 12.4. The molecule has 2 rings (SSSR count). The average Bonchev–Trinajstić information content (AvgIpc) is 2.55. The number of carbonyl (C=O) groups excluding carboxylic acids is 2. The smallest absolute Gasteiger partial charge is 0.308 e. The number of unbranched alkanes of at least 4 members (excludes halogenated alkanes) is 2. The van der Waals surface area contributed by atoms with Crippen LogP contribution < -0.4 is 4.74 Å². The molecule has 0 unspecified atom stereocenters. The van der Waals surface area contributed by atoms with E-state index in [2.05, 4.69) is 6.92 Å². The van der Waals surface area contributed by atoms with E-state index in [0.29, 0.717) is 16.9 Å². The topological polar surface area (TPSA) is 43.4 Å². The zero-order valence-electron chi connectivity index (χ0n) is 13.7.